The number of fused-ring (bicyclic) bond motifs is 1. The highest BCUT2D eigenvalue weighted by atomic mass is 32.2. The molecule has 0 atom stereocenters. The monoisotopic (exact) mass is 282 g/mol. The van der Waals surface area contributed by atoms with Gasteiger partial charge in [-0.05, 0) is 31.9 Å². The molecule has 0 unspecified atom stereocenters. The van der Waals surface area contributed by atoms with Crippen LogP contribution in [0, 0.1) is 0 Å². The maximum absolute atomic E-state index is 12.5. The topological polar surface area (TPSA) is 80.5 Å². The summed E-state index contributed by atoms with van der Waals surface area (Å²) in [5.41, 5.74) is 6.96. The Hall–Kier alpha value is -1.56. The van der Waals surface area contributed by atoms with Gasteiger partial charge in [0.25, 0.3) is 5.91 Å². The van der Waals surface area contributed by atoms with Crippen molar-refractivity contribution >= 4 is 21.4 Å². The lowest BCUT2D eigenvalue weighted by atomic mass is 10.0. The second kappa shape index (κ2) is 3.96. The Morgan fingerprint density at radius 1 is 1.37 bits per heavy atom. The van der Waals surface area contributed by atoms with Crippen LogP contribution in [0.5, 0.6) is 0 Å². The number of nitrogens with two attached hydrogens (primary N) is 1. The molecule has 2 N–H and O–H groups in total. The highest BCUT2D eigenvalue weighted by Gasteiger charge is 2.49. The molecule has 1 amide bonds. The molecule has 2 rings (SSSR count). The minimum Gasteiger partial charge on any atom is -0.366 e. The number of amides is 1. The first kappa shape index (κ1) is 13.9. The van der Waals surface area contributed by atoms with Crippen molar-refractivity contribution in [1.29, 1.82) is 0 Å². The summed E-state index contributed by atoms with van der Waals surface area (Å²) in [6.45, 7) is 5.15. The van der Waals surface area contributed by atoms with Crippen LogP contribution in [-0.2, 0) is 16.3 Å². The van der Waals surface area contributed by atoms with Crippen LogP contribution in [0.1, 0.15) is 36.7 Å². The first-order valence-corrected chi connectivity index (χ1v) is 7.58. The quantitative estimate of drug-likeness (QED) is 0.886. The maximum atomic E-state index is 12.5. The summed E-state index contributed by atoms with van der Waals surface area (Å²) in [6.07, 6.45) is 0.625. The summed E-state index contributed by atoms with van der Waals surface area (Å²) in [6, 6.07) is 3.24. The molecule has 0 saturated carbocycles. The van der Waals surface area contributed by atoms with Crippen molar-refractivity contribution in [3.8, 4) is 0 Å². The first-order valence-electron chi connectivity index (χ1n) is 6.10. The molecule has 104 valence electrons. The standard InChI is InChI=1S/C13H18N2O3S/c1-5-8-6-7-9-11(10(8)12(14)16)15(4)13(2,3)19(9,17)18/h6-7H,5H2,1-4H3,(H2,14,16). The fourth-order valence-corrected chi connectivity index (χ4v) is 4.18. The van der Waals surface area contributed by atoms with Gasteiger partial charge in [0.05, 0.1) is 16.1 Å². The zero-order valence-electron chi connectivity index (χ0n) is 11.5. The predicted molar refractivity (Wildman–Crippen MR) is 74.0 cm³/mol. The molecule has 1 aliphatic rings. The highest BCUT2D eigenvalue weighted by Crippen LogP contribution is 2.46. The van der Waals surface area contributed by atoms with E-state index in [1.54, 1.807) is 37.9 Å². The SMILES string of the molecule is CCc1ccc2c(c1C(N)=O)N(C)C(C)(C)S2(=O)=O. The molecule has 0 spiro atoms. The van der Waals surface area contributed by atoms with E-state index in [0.717, 1.165) is 5.56 Å². The summed E-state index contributed by atoms with van der Waals surface area (Å²) in [5, 5.41) is 0. The third-order valence-corrected chi connectivity index (χ3v) is 6.44. The third kappa shape index (κ3) is 1.59. The van der Waals surface area contributed by atoms with Gasteiger partial charge in [-0.1, -0.05) is 13.0 Å². The molecule has 19 heavy (non-hydrogen) atoms. The van der Waals surface area contributed by atoms with Gasteiger partial charge in [0.1, 0.15) is 4.87 Å². The lowest BCUT2D eigenvalue weighted by Gasteiger charge is -2.29. The molecule has 0 bridgehead atoms. The van der Waals surface area contributed by atoms with Crippen molar-refractivity contribution in [3.63, 3.8) is 0 Å². The number of carbonyl (C=O) groups excluding carboxylic acids is 1. The van der Waals surface area contributed by atoms with E-state index in [-0.39, 0.29) is 4.90 Å². The zero-order chi connectivity index (χ0) is 14.6. The molecule has 1 heterocycles. The van der Waals surface area contributed by atoms with E-state index in [9.17, 15) is 13.2 Å². The Bertz CT molecular complexity index is 663. The number of aryl methyl sites for hydroxylation is 1. The van der Waals surface area contributed by atoms with E-state index in [2.05, 4.69) is 0 Å². The van der Waals surface area contributed by atoms with Crippen molar-refractivity contribution in [3.05, 3.63) is 23.3 Å². The highest BCUT2D eigenvalue weighted by molar-refractivity contribution is 7.93. The van der Waals surface area contributed by atoms with Crippen LogP contribution in [0.2, 0.25) is 0 Å². The molecule has 0 aromatic heterocycles. The number of hydrogen-bond donors (Lipinski definition) is 1. The Morgan fingerprint density at radius 3 is 2.42 bits per heavy atom. The average Bonchev–Trinajstić information content (AvgIpc) is 2.47. The lowest BCUT2D eigenvalue weighted by Crippen LogP contribution is -2.42. The molecule has 0 aliphatic carbocycles. The van der Waals surface area contributed by atoms with Gasteiger partial charge < -0.3 is 10.6 Å². The number of anilines is 1. The third-order valence-electron chi connectivity index (χ3n) is 3.94. The number of primary amides is 1. The van der Waals surface area contributed by atoms with E-state index in [1.165, 1.54) is 0 Å². The average molecular weight is 282 g/mol. The minimum absolute atomic E-state index is 0.186. The van der Waals surface area contributed by atoms with Gasteiger partial charge in [0.15, 0.2) is 0 Å². The van der Waals surface area contributed by atoms with Crippen LogP contribution >= 0.6 is 0 Å². The second-order valence-electron chi connectivity index (χ2n) is 5.17. The molecule has 1 aromatic carbocycles. The van der Waals surface area contributed by atoms with E-state index in [4.69, 9.17) is 5.73 Å². The number of sulfone groups is 1. The van der Waals surface area contributed by atoms with Gasteiger partial charge in [0, 0.05) is 7.05 Å². The van der Waals surface area contributed by atoms with E-state index < -0.39 is 20.6 Å². The Balaban J connectivity index is 2.91. The summed E-state index contributed by atoms with van der Waals surface area (Å²) in [4.78, 5) is 12.4. The van der Waals surface area contributed by atoms with Crippen molar-refractivity contribution in [2.75, 3.05) is 11.9 Å². The van der Waals surface area contributed by atoms with Crippen LogP contribution in [-0.4, -0.2) is 26.2 Å². The molecule has 5 nitrogen and oxygen atoms in total. The summed E-state index contributed by atoms with van der Waals surface area (Å²) in [7, 11) is -1.82. The molecule has 0 saturated heterocycles. The van der Waals surface area contributed by atoms with Gasteiger partial charge in [-0.15, -0.1) is 0 Å². The van der Waals surface area contributed by atoms with Gasteiger partial charge in [-0.25, -0.2) is 8.42 Å². The van der Waals surface area contributed by atoms with Crippen LogP contribution in [0.15, 0.2) is 17.0 Å². The zero-order valence-corrected chi connectivity index (χ0v) is 12.3. The van der Waals surface area contributed by atoms with Crippen molar-refractivity contribution in [1.82, 2.24) is 0 Å². The minimum atomic E-state index is -3.50. The number of hydrogen-bond acceptors (Lipinski definition) is 4. The molecule has 0 radical (unpaired) electrons. The number of nitrogens with zero attached hydrogens (tertiary/aromatic N) is 1. The number of rotatable bonds is 2. The lowest BCUT2D eigenvalue weighted by molar-refractivity contribution is 0.0999. The molecule has 1 aromatic rings. The van der Waals surface area contributed by atoms with Crippen LogP contribution in [0.3, 0.4) is 0 Å². The first-order chi connectivity index (χ1) is 8.66. The summed E-state index contributed by atoms with van der Waals surface area (Å²) in [5.74, 6) is -0.589. The Labute approximate surface area is 113 Å². The smallest absolute Gasteiger partial charge is 0.251 e. The summed E-state index contributed by atoms with van der Waals surface area (Å²) < 4.78 is 25.0. The molecular formula is C13H18N2O3S. The van der Waals surface area contributed by atoms with Gasteiger partial charge in [-0.2, -0.15) is 0 Å². The van der Waals surface area contributed by atoms with Crippen molar-refractivity contribution in [2.24, 2.45) is 5.73 Å². The second-order valence-corrected chi connectivity index (χ2v) is 7.62. The number of benzene rings is 1. The predicted octanol–water partition coefficient (Wildman–Crippen LogP) is 1.31. The normalized spacial score (nSPS) is 19.3. The van der Waals surface area contributed by atoms with Gasteiger partial charge in [-0.3, -0.25) is 4.79 Å². The molecule has 6 heteroatoms. The van der Waals surface area contributed by atoms with Crippen LogP contribution in [0.4, 0.5) is 5.69 Å². The van der Waals surface area contributed by atoms with Crippen molar-refractivity contribution in [2.45, 2.75) is 37.0 Å². The molecule has 0 fully saturated rings. The fraction of sp³-hybridized carbons (Fsp3) is 0.462. The summed E-state index contributed by atoms with van der Waals surface area (Å²) >= 11 is 0. The van der Waals surface area contributed by atoms with Gasteiger partial charge in [0.2, 0.25) is 9.84 Å². The molecule has 1 aliphatic heterocycles. The number of carbonyl (C=O) groups is 1. The largest absolute Gasteiger partial charge is 0.366 e. The van der Waals surface area contributed by atoms with Crippen LogP contribution in [0.25, 0.3) is 0 Å². The van der Waals surface area contributed by atoms with E-state index in [0.29, 0.717) is 17.7 Å². The fourth-order valence-electron chi connectivity index (χ4n) is 2.45. The van der Waals surface area contributed by atoms with Gasteiger partial charge >= 0.3 is 0 Å². The van der Waals surface area contributed by atoms with E-state index in [1.807, 2.05) is 6.92 Å². The van der Waals surface area contributed by atoms with Crippen LogP contribution < -0.4 is 10.6 Å². The molecular weight excluding hydrogens is 264 g/mol. The Kier molecular flexibility index (Phi) is 2.89. The van der Waals surface area contributed by atoms with E-state index >= 15 is 0 Å². The Morgan fingerprint density at radius 2 is 1.95 bits per heavy atom. The maximum Gasteiger partial charge on any atom is 0.251 e. The van der Waals surface area contributed by atoms with Crippen molar-refractivity contribution < 1.29 is 13.2 Å².